The number of benzene rings is 1. The fraction of sp³-hybridized carbons (Fsp3) is 0.176. The van der Waals surface area contributed by atoms with E-state index in [1.807, 2.05) is 25.1 Å². The van der Waals surface area contributed by atoms with Gasteiger partial charge in [-0.25, -0.2) is 14.3 Å². The van der Waals surface area contributed by atoms with Gasteiger partial charge in [-0.3, -0.25) is 5.10 Å². The van der Waals surface area contributed by atoms with Gasteiger partial charge in [0.1, 0.15) is 0 Å². The fourth-order valence-corrected chi connectivity index (χ4v) is 2.79. The van der Waals surface area contributed by atoms with Crippen molar-refractivity contribution in [2.24, 2.45) is 0 Å². The summed E-state index contributed by atoms with van der Waals surface area (Å²) in [5.41, 5.74) is 4.73. The standard InChI is InChI=1S/C17H15N5O2/c1-3-24-17(23)14-8-15-19-13(6-7-22(15)21-14)16-10(2)4-5-12-11(16)9-18-20-12/h4-9H,3H2,1-2H3,(H,18,20). The quantitative estimate of drug-likeness (QED) is 0.586. The van der Waals surface area contributed by atoms with Gasteiger partial charge < -0.3 is 4.74 Å². The predicted molar refractivity (Wildman–Crippen MR) is 88.8 cm³/mol. The summed E-state index contributed by atoms with van der Waals surface area (Å²) in [5.74, 6) is -0.447. The van der Waals surface area contributed by atoms with Crippen LogP contribution in [0, 0.1) is 6.92 Å². The predicted octanol–water partition coefficient (Wildman–Crippen LogP) is 2.76. The molecule has 0 fully saturated rings. The first kappa shape index (κ1) is 14.4. The lowest BCUT2D eigenvalue weighted by Gasteiger charge is -2.07. The molecule has 120 valence electrons. The van der Waals surface area contributed by atoms with Crippen molar-refractivity contribution < 1.29 is 9.53 Å². The SMILES string of the molecule is CCOC(=O)c1cc2nc(-c3c(C)ccc4[nH]ncc34)ccn2n1. The number of aryl methyl sites for hydroxylation is 1. The number of nitrogens with one attached hydrogen (secondary N) is 1. The summed E-state index contributed by atoms with van der Waals surface area (Å²) >= 11 is 0. The normalized spacial score (nSPS) is 11.2. The zero-order valence-corrected chi connectivity index (χ0v) is 13.3. The molecule has 3 heterocycles. The van der Waals surface area contributed by atoms with Crippen LogP contribution in [0.2, 0.25) is 0 Å². The largest absolute Gasteiger partial charge is 0.461 e. The highest BCUT2D eigenvalue weighted by Gasteiger charge is 2.15. The van der Waals surface area contributed by atoms with Gasteiger partial charge >= 0.3 is 5.97 Å². The number of aromatic nitrogens is 5. The average Bonchev–Trinajstić information content (AvgIpc) is 3.20. The minimum atomic E-state index is -0.447. The summed E-state index contributed by atoms with van der Waals surface area (Å²) in [6.07, 6.45) is 3.59. The number of nitrogens with zero attached hydrogens (tertiary/aromatic N) is 4. The van der Waals surface area contributed by atoms with Gasteiger partial charge in [-0.15, -0.1) is 0 Å². The van der Waals surface area contributed by atoms with E-state index in [1.165, 1.54) is 0 Å². The average molecular weight is 321 g/mol. The fourth-order valence-electron chi connectivity index (χ4n) is 2.79. The molecular weight excluding hydrogens is 306 g/mol. The van der Waals surface area contributed by atoms with Gasteiger partial charge in [0.25, 0.3) is 0 Å². The second-order valence-electron chi connectivity index (χ2n) is 5.45. The number of carbonyl (C=O) groups is 1. The molecule has 0 radical (unpaired) electrons. The lowest BCUT2D eigenvalue weighted by molar-refractivity contribution is 0.0519. The van der Waals surface area contributed by atoms with Crippen molar-refractivity contribution >= 4 is 22.5 Å². The third kappa shape index (κ3) is 2.21. The van der Waals surface area contributed by atoms with Crippen LogP contribution in [0.3, 0.4) is 0 Å². The molecule has 1 N–H and O–H groups in total. The van der Waals surface area contributed by atoms with E-state index in [4.69, 9.17) is 4.74 Å². The van der Waals surface area contributed by atoms with E-state index in [1.54, 1.807) is 29.9 Å². The van der Waals surface area contributed by atoms with Crippen LogP contribution in [0.1, 0.15) is 23.0 Å². The molecule has 7 heteroatoms. The number of fused-ring (bicyclic) bond motifs is 2. The highest BCUT2D eigenvalue weighted by molar-refractivity contribution is 5.95. The summed E-state index contributed by atoms with van der Waals surface area (Å²) < 4.78 is 6.55. The van der Waals surface area contributed by atoms with Crippen molar-refractivity contribution in [2.45, 2.75) is 13.8 Å². The molecule has 0 unspecified atom stereocenters. The zero-order valence-electron chi connectivity index (χ0n) is 13.3. The van der Waals surface area contributed by atoms with Gasteiger partial charge in [-0.05, 0) is 31.5 Å². The highest BCUT2D eigenvalue weighted by Crippen LogP contribution is 2.29. The Bertz CT molecular complexity index is 1060. The highest BCUT2D eigenvalue weighted by atomic mass is 16.5. The molecule has 0 aliphatic heterocycles. The smallest absolute Gasteiger partial charge is 0.358 e. The molecule has 24 heavy (non-hydrogen) atoms. The minimum Gasteiger partial charge on any atom is -0.461 e. The Morgan fingerprint density at radius 1 is 1.33 bits per heavy atom. The van der Waals surface area contributed by atoms with Gasteiger partial charge in [-0.2, -0.15) is 10.2 Å². The van der Waals surface area contributed by atoms with E-state index in [0.29, 0.717) is 12.3 Å². The number of hydrogen-bond donors (Lipinski definition) is 1. The number of carbonyl (C=O) groups excluding carboxylic acids is 1. The summed E-state index contributed by atoms with van der Waals surface area (Å²) in [6.45, 7) is 4.11. The van der Waals surface area contributed by atoms with Gasteiger partial charge in [0.15, 0.2) is 11.3 Å². The molecule has 0 saturated carbocycles. The van der Waals surface area contributed by atoms with Crippen LogP contribution in [-0.4, -0.2) is 37.4 Å². The summed E-state index contributed by atoms with van der Waals surface area (Å²) in [6, 6.07) is 7.54. The maximum atomic E-state index is 11.8. The lowest BCUT2D eigenvalue weighted by atomic mass is 10.0. The first-order chi connectivity index (χ1) is 11.7. The summed E-state index contributed by atoms with van der Waals surface area (Å²) in [5, 5.41) is 12.3. The Morgan fingerprint density at radius 3 is 3.04 bits per heavy atom. The van der Waals surface area contributed by atoms with Crippen LogP contribution in [0.25, 0.3) is 27.8 Å². The number of esters is 1. The molecule has 3 aromatic heterocycles. The second kappa shape index (κ2) is 5.45. The van der Waals surface area contributed by atoms with Crippen molar-refractivity contribution in [3.63, 3.8) is 0 Å². The lowest BCUT2D eigenvalue weighted by Crippen LogP contribution is -2.05. The van der Waals surface area contributed by atoms with Crippen LogP contribution in [0.4, 0.5) is 0 Å². The van der Waals surface area contributed by atoms with Crippen molar-refractivity contribution in [3.8, 4) is 11.3 Å². The van der Waals surface area contributed by atoms with Crippen LogP contribution in [0.15, 0.2) is 36.7 Å². The molecule has 0 aliphatic carbocycles. The Labute approximate surface area is 137 Å². The molecule has 7 nitrogen and oxygen atoms in total. The molecule has 4 rings (SSSR count). The van der Waals surface area contributed by atoms with Gasteiger partial charge in [0, 0.05) is 23.2 Å². The first-order valence-electron chi connectivity index (χ1n) is 7.64. The van der Waals surface area contributed by atoms with E-state index in [2.05, 4.69) is 20.3 Å². The molecule has 0 saturated heterocycles. The second-order valence-corrected chi connectivity index (χ2v) is 5.45. The van der Waals surface area contributed by atoms with Crippen LogP contribution in [0.5, 0.6) is 0 Å². The first-order valence-corrected chi connectivity index (χ1v) is 7.64. The third-order valence-corrected chi connectivity index (χ3v) is 3.90. The Morgan fingerprint density at radius 2 is 2.21 bits per heavy atom. The number of ether oxygens (including phenoxy) is 1. The Kier molecular flexibility index (Phi) is 3.26. The zero-order chi connectivity index (χ0) is 16.7. The number of hydrogen-bond acceptors (Lipinski definition) is 5. The van der Waals surface area contributed by atoms with Crippen molar-refractivity contribution in [3.05, 3.63) is 47.9 Å². The summed E-state index contributed by atoms with van der Waals surface area (Å²) in [4.78, 5) is 16.5. The molecular formula is C17H15N5O2. The van der Waals surface area contributed by atoms with E-state index in [9.17, 15) is 4.79 Å². The Balaban J connectivity index is 1.86. The number of H-pyrrole nitrogens is 1. The number of rotatable bonds is 3. The van der Waals surface area contributed by atoms with E-state index >= 15 is 0 Å². The molecule has 0 atom stereocenters. The van der Waals surface area contributed by atoms with Gasteiger partial charge in [-0.1, -0.05) is 6.07 Å². The van der Waals surface area contributed by atoms with E-state index in [-0.39, 0.29) is 5.69 Å². The molecule has 1 aromatic carbocycles. The molecule has 0 bridgehead atoms. The Hall–Kier alpha value is -3.22. The number of aromatic amines is 1. The van der Waals surface area contributed by atoms with Crippen LogP contribution in [-0.2, 0) is 4.74 Å². The van der Waals surface area contributed by atoms with Gasteiger partial charge in [0.2, 0.25) is 0 Å². The maximum Gasteiger partial charge on any atom is 0.358 e. The summed E-state index contributed by atoms with van der Waals surface area (Å²) in [7, 11) is 0. The minimum absolute atomic E-state index is 0.250. The molecule has 0 aliphatic rings. The van der Waals surface area contributed by atoms with Crippen LogP contribution >= 0.6 is 0 Å². The van der Waals surface area contributed by atoms with E-state index < -0.39 is 5.97 Å². The van der Waals surface area contributed by atoms with Crippen molar-refractivity contribution in [1.82, 2.24) is 24.8 Å². The monoisotopic (exact) mass is 321 g/mol. The van der Waals surface area contributed by atoms with Gasteiger partial charge in [0.05, 0.1) is 24.0 Å². The van der Waals surface area contributed by atoms with Crippen molar-refractivity contribution in [1.29, 1.82) is 0 Å². The third-order valence-electron chi connectivity index (χ3n) is 3.90. The molecule has 0 spiro atoms. The molecule has 0 amide bonds. The maximum absolute atomic E-state index is 11.8. The topological polar surface area (TPSA) is 85.2 Å². The van der Waals surface area contributed by atoms with Crippen molar-refractivity contribution in [2.75, 3.05) is 6.61 Å². The van der Waals surface area contributed by atoms with E-state index in [0.717, 1.165) is 27.7 Å². The molecule has 4 aromatic rings. The van der Waals surface area contributed by atoms with Crippen LogP contribution < -0.4 is 0 Å².